The zero-order valence-corrected chi connectivity index (χ0v) is 46.3. The highest BCUT2D eigenvalue weighted by molar-refractivity contribution is 5.82. The van der Waals surface area contributed by atoms with Crippen molar-refractivity contribution in [1.29, 1.82) is 0 Å². The molecule has 0 nitrogen and oxygen atoms in total. The van der Waals surface area contributed by atoms with Gasteiger partial charge in [0.05, 0.1) is 0 Å². The Morgan fingerprint density at radius 3 is 0.687 bits per heavy atom. The number of benzene rings is 5. The van der Waals surface area contributed by atoms with Crippen molar-refractivity contribution < 1.29 is 0 Å². The van der Waals surface area contributed by atoms with Crippen molar-refractivity contribution in [3.05, 3.63) is 175 Å². The van der Waals surface area contributed by atoms with E-state index in [1.54, 1.807) is 0 Å². The first-order valence-electron chi connectivity index (χ1n) is 25.2. The summed E-state index contributed by atoms with van der Waals surface area (Å²) in [5.41, 5.74) is 21.6. The molecule has 0 heterocycles. The lowest BCUT2D eigenvalue weighted by Crippen LogP contribution is -2.35. The Morgan fingerprint density at radius 1 is 0.313 bits per heavy atom. The van der Waals surface area contributed by atoms with Crippen molar-refractivity contribution in [3.8, 4) is 23.7 Å². The smallest absolute Gasteiger partial charge is 0.0362 e. The number of rotatable bonds is 0. The standard InChI is InChI=1S/C47H40.4C5H12/c1-46(2,3)26-15-24-36-42-38-28-16-7-11-20-32(28)40(33-21-12-8-17-29(33)38)44(42)37(25-27-47(4,5)6)45-41-34-22-13-9-18-30(34)39(43(36)45)31-19-10-14-23-35(31)41;4*1-5(2,3)4/h7-14,16-23,38-41H,26H2,1-6H3;4*1-4H3. The molecule has 6 aliphatic carbocycles. The van der Waals surface area contributed by atoms with Gasteiger partial charge in [-0.2, -0.15) is 0 Å². The normalized spacial score (nSPS) is 17.8. The third kappa shape index (κ3) is 13.9. The molecule has 5 aromatic rings. The van der Waals surface area contributed by atoms with Gasteiger partial charge in [-0.1, -0.05) is 252 Å². The zero-order valence-electron chi connectivity index (χ0n) is 46.3. The molecule has 67 heavy (non-hydrogen) atoms. The van der Waals surface area contributed by atoms with E-state index in [1.807, 2.05) is 0 Å². The second-order valence-corrected chi connectivity index (χ2v) is 28.2. The van der Waals surface area contributed by atoms with Crippen LogP contribution in [0.25, 0.3) is 0 Å². The van der Waals surface area contributed by atoms with Gasteiger partial charge in [0.2, 0.25) is 0 Å². The molecule has 0 saturated heterocycles. The van der Waals surface area contributed by atoms with E-state index in [-0.39, 0.29) is 34.5 Å². The molecule has 356 valence electrons. The maximum atomic E-state index is 3.95. The molecule has 11 rings (SSSR count). The average Bonchev–Trinajstić information content (AvgIpc) is 3.16. The molecule has 0 radical (unpaired) electrons. The Balaban J connectivity index is 0.000000356. The summed E-state index contributed by atoms with van der Waals surface area (Å²) in [5, 5.41) is 0. The Kier molecular flexibility index (Phi) is 15.6. The molecular weight excluding hydrogens is 805 g/mol. The maximum absolute atomic E-state index is 3.95. The highest BCUT2D eigenvalue weighted by Crippen LogP contribution is 2.64. The van der Waals surface area contributed by atoms with Crippen molar-refractivity contribution in [2.24, 2.45) is 32.5 Å². The van der Waals surface area contributed by atoms with Crippen LogP contribution in [0.4, 0.5) is 0 Å². The molecule has 0 amide bonds. The van der Waals surface area contributed by atoms with E-state index >= 15 is 0 Å². The van der Waals surface area contributed by atoms with E-state index in [0.29, 0.717) is 21.7 Å². The monoisotopic (exact) mass is 893 g/mol. The first kappa shape index (κ1) is 53.2. The minimum Gasteiger partial charge on any atom is -0.0973 e. The zero-order chi connectivity index (χ0) is 50.2. The average molecular weight is 893 g/mol. The van der Waals surface area contributed by atoms with E-state index in [4.69, 9.17) is 0 Å². The van der Waals surface area contributed by atoms with Crippen molar-refractivity contribution >= 4 is 0 Å². The van der Waals surface area contributed by atoms with E-state index in [9.17, 15) is 0 Å². The molecule has 0 spiro atoms. The van der Waals surface area contributed by atoms with Gasteiger partial charge >= 0.3 is 0 Å². The van der Waals surface area contributed by atoms with Crippen molar-refractivity contribution in [3.63, 3.8) is 0 Å². The quantitative estimate of drug-likeness (QED) is 0.133. The van der Waals surface area contributed by atoms with Crippen LogP contribution in [-0.2, 0) is 0 Å². The molecule has 0 unspecified atom stereocenters. The van der Waals surface area contributed by atoms with Crippen LogP contribution in [0.5, 0.6) is 0 Å². The number of hydrogen-bond acceptors (Lipinski definition) is 0. The molecule has 6 aliphatic rings. The van der Waals surface area contributed by atoms with E-state index in [1.165, 1.54) is 77.9 Å². The summed E-state index contributed by atoms with van der Waals surface area (Å²) >= 11 is 0. The molecule has 0 aromatic heterocycles. The maximum Gasteiger partial charge on any atom is 0.0362 e. The molecule has 0 atom stereocenters. The van der Waals surface area contributed by atoms with Gasteiger partial charge in [0, 0.05) is 46.6 Å². The summed E-state index contributed by atoms with van der Waals surface area (Å²) in [7, 11) is 0. The molecule has 0 heteroatoms. The summed E-state index contributed by atoms with van der Waals surface area (Å²) in [6.45, 7) is 48.6. The second kappa shape index (κ2) is 19.7. The minimum absolute atomic E-state index is 0.127. The highest BCUT2D eigenvalue weighted by Gasteiger charge is 2.50. The first-order valence-corrected chi connectivity index (χ1v) is 25.2. The topological polar surface area (TPSA) is 0 Å². The highest BCUT2D eigenvalue weighted by atomic mass is 14.5. The van der Waals surface area contributed by atoms with Crippen molar-refractivity contribution in [1.82, 2.24) is 0 Å². The van der Waals surface area contributed by atoms with Gasteiger partial charge in [-0.25, -0.2) is 0 Å². The molecule has 4 bridgehead atoms. The second-order valence-electron chi connectivity index (χ2n) is 28.2. The van der Waals surface area contributed by atoms with Gasteiger partial charge in [-0.3, -0.25) is 0 Å². The van der Waals surface area contributed by atoms with Crippen molar-refractivity contribution in [2.75, 3.05) is 0 Å². The summed E-state index contributed by atoms with van der Waals surface area (Å²) < 4.78 is 0. The van der Waals surface area contributed by atoms with Gasteiger partial charge in [-0.05, 0) is 115 Å². The van der Waals surface area contributed by atoms with E-state index in [0.717, 1.165) is 6.42 Å². The summed E-state index contributed by atoms with van der Waals surface area (Å²) in [6, 6.07) is 36.7. The van der Waals surface area contributed by atoms with Gasteiger partial charge in [0.1, 0.15) is 0 Å². The fourth-order valence-corrected chi connectivity index (χ4v) is 9.01. The molecule has 0 fully saturated rings. The molecule has 0 saturated carbocycles. The Bertz CT molecular complexity index is 2370. The Morgan fingerprint density at radius 2 is 0.507 bits per heavy atom. The third-order valence-electron chi connectivity index (χ3n) is 10.7. The van der Waals surface area contributed by atoms with Gasteiger partial charge in [0.25, 0.3) is 0 Å². The van der Waals surface area contributed by atoms with Gasteiger partial charge < -0.3 is 0 Å². The molecule has 0 N–H and O–H groups in total. The van der Waals surface area contributed by atoms with Crippen LogP contribution < -0.4 is 0 Å². The largest absolute Gasteiger partial charge is 0.0973 e. The Hall–Kier alpha value is -4.78. The predicted octanol–water partition coefficient (Wildman–Crippen LogP) is 19.1. The minimum atomic E-state index is -0.127. The fourth-order valence-electron chi connectivity index (χ4n) is 9.01. The predicted molar refractivity (Wildman–Crippen MR) is 294 cm³/mol. The molecular formula is C67H88. The lowest BCUT2D eigenvalue weighted by Gasteiger charge is -2.48. The summed E-state index contributed by atoms with van der Waals surface area (Å²) in [6.07, 6.45) is 0.852. The van der Waals surface area contributed by atoms with Gasteiger partial charge in [0.15, 0.2) is 0 Å². The molecule has 0 aliphatic heterocycles. The van der Waals surface area contributed by atoms with Crippen LogP contribution in [0.15, 0.2) is 97.1 Å². The van der Waals surface area contributed by atoms with Crippen LogP contribution in [0.3, 0.4) is 0 Å². The van der Waals surface area contributed by atoms with Crippen LogP contribution in [0, 0.1) is 56.2 Å². The Labute approximate surface area is 411 Å². The third-order valence-corrected chi connectivity index (χ3v) is 10.7. The summed E-state index contributed by atoms with van der Waals surface area (Å²) in [4.78, 5) is 0. The molecule has 5 aromatic carbocycles. The van der Waals surface area contributed by atoms with E-state index in [2.05, 4.69) is 273 Å². The van der Waals surface area contributed by atoms with Crippen molar-refractivity contribution in [2.45, 2.75) is 182 Å². The van der Waals surface area contributed by atoms with E-state index < -0.39 is 0 Å². The lowest BCUT2D eigenvalue weighted by atomic mass is 9.53. The van der Waals surface area contributed by atoms with Crippen LogP contribution in [-0.4, -0.2) is 0 Å². The fraction of sp³-hybridized carbons (Fsp3) is 0.493. The lowest BCUT2D eigenvalue weighted by molar-refractivity contribution is 0.428. The van der Waals surface area contributed by atoms with Crippen LogP contribution in [0.2, 0.25) is 0 Å². The van der Waals surface area contributed by atoms with Gasteiger partial charge in [-0.15, -0.1) is 0 Å². The van der Waals surface area contributed by atoms with Crippen LogP contribution >= 0.6 is 0 Å². The SMILES string of the molecule is CC(C)(C)C.CC(C)(C)C.CC(C)(C)C.CC(C)(C)C.CC(C)(C)C#Cc1c2c(c(C#CCC(C)(C)C)c3c1C1c4ccccc4C3c3ccccc31)C1c3ccccc3C2c2ccccc21. The number of hydrogen-bond donors (Lipinski definition) is 0. The summed E-state index contributed by atoms with van der Waals surface area (Å²) in [5.74, 6) is 15.9. The van der Waals surface area contributed by atoms with Crippen LogP contribution in [0.1, 0.15) is 260 Å². The first-order chi connectivity index (χ1) is 30.6.